The van der Waals surface area contributed by atoms with Gasteiger partial charge in [-0.3, -0.25) is 4.79 Å². The summed E-state index contributed by atoms with van der Waals surface area (Å²) in [6.45, 7) is 6.43. The van der Waals surface area contributed by atoms with Crippen molar-refractivity contribution < 1.29 is 18.7 Å². The van der Waals surface area contributed by atoms with Crippen LogP contribution >= 0.6 is 11.8 Å². The van der Waals surface area contributed by atoms with E-state index in [1.165, 1.54) is 11.8 Å². The summed E-state index contributed by atoms with van der Waals surface area (Å²) in [7, 11) is 0. The van der Waals surface area contributed by atoms with E-state index < -0.39 is 5.25 Å². The van der Waals surface area contributed by atoms with Crippen molar-refractivity contribution in [2.24, 2.45) is 0 Å². The molecule has 1 aromatic carbocycles. The highest BCUT2D eigenvalue weighted by Crippen LogP contribution is 2.23. The summed E-state index contributed by atoms with van der Waals surface area (Å²) in [4.78, 5) is 11.8. The van der Waals surface area contributed by atoms with Crippen molar-refractivity contribution in [1.29, 1.82) is 0 Å². The molecule has 6 nitrogen and oxygen atoms in total. The summed E-state index contributed by atoms with van der Waals surface area (Å²) in [6.07, 6.45) is 1.85. The summed E-state index contributed by atoms with van der Waals surface area (Å²) >= 11 is 1.18. The topological polar surface area (TPSA) is 74.5 Å². The molecule has 0 aliphatic rings. The van der Waals surface area contributed by atoms with Crippen LogP contribution < -0.4 is 4.74 Å². The summed E-state index contributed by atoms with van der Waals surface area (Å²) in [6, 6.07) is 7.72. The molecule has 0 radical (unpaired) electrons. The molecule has 0 spiro atoms. The van der Waals surface area contributed by atoms with E-state index in [1.807, 2.05) is 38.1 Å². The van der Waals surface area contributed by atoms with E-state index in [2.05, 4.69) is 10.2 Å². The minimum absolute atomic E-state index is 0.187. The molecule has 7 heteroatoms. The van der Waals surface area contributed by atoms with E-state index in [1.54, 1.807) is 6.92 Å². The van der Waals surface area contributed by atoms with Gasteiger partial charge >= 0.3 is 5.97 Å². The minimum Gasteiger partial charge on any atom is -0.484 e. The third kappa shape index (κ3) is 5.88. The average Bonchev–Trinajstić information content (AvgIpc) is 3.00. The van der Waals surface area contributed by atoms with Crippen LogP contribution in [-0.2, 0) is 16.1 Å². The number of carbonyl (C=O) groups excluding carboxylic acids is 1. The first-order chi connectivity index (χ1) is 11.6. The molecular weight excluding hydrogens is 328 g/mol. The summed E-state index contributed by atoms with van der Waals surface area (Å²) in [5, 5.41) is 7.79. The third-order valence-electron chi connectivity index (χ3n) is 3.15. The number of nitrogens with zero attached hydrogens (tertiary/aromatic N) is 2. The van der Waals surface area contributed by atoms with Gasteiger partial charge in [-0.05, 0) is 38.0 Å². The molecule has 0 fully saturated rings. The van der Waals surface area contributed by atoms with Gasteiger partial charge < -0.3 is 13.9 Å². The number of hydrogen-bond donors (Lipinski definition) is 0. The number of hydrogen-bond acceptors (Lipinski definition) is 7. The summed E-state index contributed by atoms with van der Waals surface area (Å²) in [5.74, 6) is 0.838. The van der Waals surface area contributed by atoms with Crippen molar-refractivity contribution >= 4 is 17.7 Å². The molecule has 24 heavy (non-hydrogen) atoms. The molecule has 0 aliphatic heterocycles. The van der Waals surface area contributed by atoms with Crippen LogP contribution in [0.2, 0.25) is 0 Å². The predicted octanol–water partition coefficient (Wildman–Crippen LogP) is 3.78. The zero-order chi connectivity index (χ0) is 17.4. The number of aromatic nitrogens is 2. The van der Waals surface area contributed by atoms with Crippen molar-refractivity contribution in [1.82, 2.24) is 10.2 Å². The predicted molar refractivity (Wildman–Crippen MR) is 91.0 cm³/mol. The van der Waals surface area contributed by atoms with Crippen LogP contribution in [-0.4, -0.2) is 28.0 Å². The maximum absolute atomic E-state index is 11.8. The van der Waals surface area contributed by atoms with Gasteiger partial charge in [0.05, 0.1) is 6.61 Å². The molecule has 0 saturated heterocycles. The molecule has 1 aromatic heterocycles. The van der Waals surface area contributed by atoms with Gasteiger partial charge in [0.2, 0.25) is 0 Å². The Morgan fingerprint density at radius 3 is 2.96 bits per heavy atom. The Hall–Kier alpha value is -2.02. The van der Waals surface area contributed by atoms with E-state index in [0.717, 1.165) is 24.2 Å². The number of carbonyl (C=O) groups is 1. The molecule has 1 heterocycles. The molecule has 1 unspecified atom stereocenters. The number of aryl methyl sites for hydroxylation is 1. The Labute approximate surface area is 145 Å². The smallest absolute Gasteiger partial charge is 0.319 e. The molecule has 0 N–H and O–H groups in total. The quantitative estimate of drug-likeness (QED) is 0.387. The van der Waals surface area contributed by atoms with Gasteiger partial charge in [-0.15, -0.1) is 10.2 Å². The molecule has 0 saturated carbocycles. The molecule has 0 aliphatic carbocycles. The van der Waals surface area contributed by atoms with Crippen LogP contribution in [0.5, 0.6) is 5.75 Å². The van der Waals surface area contributed by atoms with Gasteiger partial charge in [0.15, 0.2) is 6.61 Å². The number of ether oxygens (including phenoxy) is 2. The lowest BCUT2D eigenvalue weighted by molar-refractivity contribution is -0.142. The SMILES string of the molecule is CCCCOC(=O)C(C)Sc1nnc(COc2cccc(C)c2)o1. The fraction of sp³-hybridized carbons (Fsp3) is 0.471. The zero-order valence-corrected chi connectivity index (χ0v) is 15.0. The number of esters is 1. The van der Waals surface area contributed by atoms with E-state index in [0.29, 0.717) is 17.7 Å². The highest BCUT2D eigenvalue weighted by Gasteiger charge is 2.19. The van der Waals surface area contributed by atoms with E-state index in [4.69, 9.17) is 13.9 Å². The Morgan fingerprint density at radius 2 is 2.21 bits per heavy atom. The highest BCUT2D eigenvalue weighted by molar-refractivity contribution is 8.00. The van der Waals surface area contributed by atoms with Crippen LogP contribution in [0.1, 0.15) is 38.1 Å². The van der Waals surface area contributed by atoms with Gasteiger partial charge in [0.25, 0.3) is 11.1 Å². The van der Waals surface area contributed by atoms with Gasteiger partial charge in [0, 0.05) is 0 Å². The van der Waals surface area contributed by atoms with Gasteiger partial charge in [-0.25, -0.2) is 0 Å². The lowest BCUT2D eigenvalue weighted by atomic mass is 10.2. The van der Waals surface area contributed by atoms with Gasteiger partial charge in [0.1, 0.15) is 11.0 Å². The van der Waals surface area contributed by atoms with Gasteiger partial charge in [-0.1, -0.05) is 37.2 Å². The fourth-order valence-corrected chi connectivity index (χ4v) is 2.53. The first-order valence-corrected chi connectivity index (χ1v) is 8.81. The molecular formula is C17H22N2O4S. The average molecular weight is 350 g/mol. The number of unbranched alkanes of at least 4 members (excludes halogenated alkanes) is 1. The fourth-order valence-electron chi connectivity index (χ4n) is 1.83. The van der Waals surface area contributed by atoms with Crippen molar-refractivity contribution in [2.75, 3.05) is 6.61 Å². The molecule has 2 rings (SSSR count). The van der Waals surface area contributed by atoms with Crippen LogP contribution in [0.3, 0.4) is 0 Å². The largest absolute Gasteiger partial charge is 0.484 e. The van der Waals surface area contributed by atoms with Crippen molar-refractivity contribution in [3.63, 3.8) is 0 Å². The van der Waals surface area contributed by atoms with Crippen LogP contribution in [0, 0.1) is 6.92 Å². The normalized spacial score (nSPS) is 12.0. The molecule has 0 bridgehead atoms. The minimum atomic E-state index is -0.396. The Balaban J connectivity index is 1.81. The monoisotopic (exact) mass is 350 g/mol. The second-order valence-corrected chi connectivity index (χ2v) is 6.64. The van der Waals surface area contributed by atoms with E-state index in [-0.39, 0.29) is 12.6 Å². The molecule has 1 atom stereocenters. The van der Waals surface area contributed by atoms with E-state index in [9.17, 15) is 4.79 Å². The zero-order valence-electron chi connectivity index (χ0n) is 14.2. The lowest BCUT2D eigenvalue weighted by Gasteiger charge is -2.08. The standard InChI is InChI=1S/C17H22N2O4S/c1-4-5-9-21-16(20)13(3)24-17-19-18-15(23-17)11-22-14-8-6-7-12(2)10-14/h6-8,10,13H,4-5,9,11H2,1-3H3. The molecule has 0 amide bonds. The van der Waals surface area contributed by atoms with Crippen LogP contribution in [0.4, 0.5) is 0 Å². The van der Waals surface area contributed by atoms with Crippen molar-refractivity contribution in [3.8, 4) is 5.75 Å². The van der Waals surface area contributed by atoms with Crippen molar-refractivity contribution in [3.05, 3.63) is 35.7 Å². The Bertz CT molecular complexity index is 660. The van der Waals surface area contributed by atoms with Crippen molar-refractivity contribution in [2.45, 2.75) is 50.7 Å². The van der Waals surface area contributed by atoms with Crippen LogP contribution in [0.15, 0.2) is 33.9 Å². The Kier molecular flexibility index (Phi) is 7.11. The number of rotatable bonds is 9. The second kappa shape index (κ2) is 9.32. The third-order valence-corrected chi connectivity index (χ3v) is 4.06. The molecule has 2 aromatic rings. The van der Waals surface area contributed by atoms with E-state index >= 15 is 0 Å². The second-order valence-electron chi connectivity index (χ2n) is 5.35. The maximum Gasteiger partial charge on any atom is 0.319 e. The number of thioether (sulfide) groups is 1. The summed E-state index contributed by atoms with van der Waals surface area (Å²) < 4.78 is 16.3. The Morgan fingerprint density at radius 1 is 1.38 bits per heavy atom. The molecule has 130 valence electrons. The lowest BCUT2D eigenvalue weighted by Crippen LogP contribution is -2.17. The number of benzene rings is 1. The first-order valence-electron chi connectivity index (χ1n) is 7.93. The maximum atomic E-state index is 11.8. The summed E-state index contributed by atoms with van der Waals surface area (Å²) in [5.41, 5.74) is 1.12. The highest BCUT2D eigenvalue weighted by atomic mass is 32.2. The first kappa shape index (κ1) is 18.3. The van der Waals surface area contributed by atoms with Crippen LogP contribution in [0.25, 0.3) is 0 Å². The van der Waals surface area contributed by atoms with Gasteiger partial charge in [-0.2, -0.15) is 0 Å².